The molecule has 114 valence electrons. The molecule has 21 heavy (non-hydrogen) atoms. The molecule has 1 aromatic rings. The maximum Gasteiger partial charge on any atom is 0.311 e. The number of likely N-dealkylation sites (tertiary alicyclic amines) is 1. The molecule has 1 saturated heterocycles. The van der Waals surface area contributed by atoms with Gasteiger partial charge in [0.15, 0.2) is 0 Å². The minimum Gasteiger partial charge on any atom is -0.481 e. The second kappa shape index (κ2) is 6.89. The Morgan fingerprint density at radius 3 is 2.95 bits per heavy atom. The summed E-state index contributed by atoms with van der Waals surface area (Å²) in [5.41, 5.74) is -0.764. The van der Waals surface area contributed by atoms with Crippen LogP contribution in [0.25, 0.3) is 6.08 Å². The van der Waals surface area contributed by atoms with Crippen LogP contribution in [0, 0.1) is 5.41 Å². The molecule has 5 heteroatoms. The van der Waals surface area contributed by atoms with Crippen LogP contribution in [0.15, 0.2) is 23.6 Å². The summed E-state index contributed by atoms with van der Waals surface area (Å²) in [5, 5.41) is 11.5. The minimum absolute atomic E-state index is 0.0928. The van der Waals surface area contributed by atoms with Gasteiger partial charge in [-0.15, -0.1) is 11.3 Å². The van der Waals surface area contributed by atoms with Crippen molar-refractivity contribution in [2.45, 2.75) is 32.6 Å². The summed E-state index contributed by atoms with van der Waals surface area (Å²) in [5.74, 6) is -0.867. The van der Waals surface area contributed by atoms with Gasteiger partial charge in [-0.25, -0.2) is 0 Å². The number of hydrogen-bond acceptors (Lipinski definition) is 3. The monoisotopic (exact) mass is 307 g/mol. The molecule has 1 aromatic heterocycles. The number of nitrogens with zero attached hydrogens (tertiary/aromatic N) is 1. The van der Waals surface area contributed by atoms with Gasteiger partial charge in [0.05, 0.1) is 5.41 Å². The second-order valence-corrected chi connectivity index (χ2v) is 6.53. The molecule has 0 saturated carbocycles. The fourth-order valence-corrected chi connectivity index (χ4v) is 3.55. The van der Waals surface area contributed by atoms with Crippen LogP contribution in [0.4, 0.5) is 0 Å². The van der Waals surface area contributed by atoms with E-state index >= 15 is 0 Å². The van der Waals surface area contributed by atoms with Gasteiger partial charge in [0.25, 0.3) is 0 Å². The number of amides is 1. The molecule has 2 rings (SSSR count). The molecular weight excluding hydrogens is 286 g/mol. The Labute approximate surface area is 129 Å². The molecule has 1 atom stereocenters. The number of rotatable bonds is 5. The smallest absolute Gasteiger partial charge is 0.311 e. The molecule has 0 aromatic carbocycles. The first-order chi connectivity index (χ1) is 10.1. The molecule has 1 aliphatic heterocycles. The number of carboxylic acids is 1. The zero-order chi connectivity index (χ0) is 15.3. The molecular formula is C16H21NO3S. The highest BCUT2D eigenvalue weighted by atomic mass is 32.1. The lowest BCUT2D eigenvalue weighted by Crippen LogP contribution is -2.49. The molecule has 0 spiro atoms. The Morgan fingerprint density at radius 2 is 2.33 bits per heavy atom. The van der Waals surface area contributed by atoms with Crippen molar-refractivity contribution < 1.29 is 14.7 Å². The van der Waals surface area contributed by atoms with Crippen molar-refractivity contribution in [3.05, 3.63) is 28.5 Å². The highest BCUT2D eigenvalue weighted by Gasteiger charge is 2.42. The van der Waals surface area contributed by atoms with Gasteiger partial charge in [-0.3, -0.25) is 9.59 Å². The van der Waals surface area contributed by atoms with Crippen LogP contribution in [0.2, 0.25) is 0 Å². The predicted octanol–water partition coefficient (Wildman–Crippen LogP) is 3.25. The molecule has 4 nitrogen and oxygen atoms in total. The van der Waals surface area contributed by atoms with E-state index in [-0.39, 0.29) is 5.91 Å². The number of carbonyl (C=O) groups is 2. The molecule has 0 radical (unpaired) electrons. The highest BCUT2D eigenvalue weighted by molar-refractivity contribution is 7.10. The summed E-state index contributed by atoms with van der Waals surface area (Å²) >= 11 is 1.57. The topological polar surface area (TPSA) is 57.6 Å². The number of aliphatic carboxylic acids is 1. The number of thiophene rings is 1. The molecule has 1 fully saturated rings. The van der Waals surface area contributed by atoms with E-state index in [1.165, 1.54) is 0 Å². The van der Waals surface area contributed by atoms with Gasteiger partial charge in [0.1, 0.15) is 0 Å². The van der Waals surface area contributed by atoms with Crippen molar-refractivity contribution in [1.82, 2.24) is 4.90 Å². The Hall–Kier alpha value is -1.62. The van der Waals surface area contributed by atoms with Crippen LogP contribution in [-0.2, 0) is 9.59 Å². The fraction of sp³-hybridized carbons (Fsp3) is 0.500. The predicted molar refractivity (Wildman–Crippen MR) is 84.1 cm³/mol. The van der Waals surface area contributed by atoms with E-state index in [2.05, 4.69) is 0 Å². The third kappa shape index (κ3) is 3.73. The Balaban J connectivity index is 2.06. The van der Waals surface area contributed by atoms with Gasteiger partial charge in [0.2, 0.25) is 5.91 Å². The summed E-state index contributed by atoms with van der Waals surface area (Å²) in [4.78, 5) is 26.6. The SMILES string of the molecule is CCCC1(C(=O)O)CCCN(C(=O)C=Cc2cccs2)C1. The van der Waals surface area contributed by atoms with Crippen molar-refractivity contribution in [3.63, 3.8) is 0 Å². The zero-order valence-corrected chi connectivity index (χ0v) is 13.1. The van der Waals surface area contributed by atoms with Crippen molar-refractivity contribution in [2.75, 3.05) is 13.1 Å². The first kappa shape index (κ1) is 15.8. The standard InChI is InChI=1S/C16H21NO3S/c1-2-8-16(15(19)20)9-4-10-17(12-16)14(18)7-6-13-5-3-11-21-13/h3,5-7,11H,2,4,8-10,12H2,1H3,(H,19,20). The van der Waals surface area contributed by atoms with Crippen molar-refractivity contribution >= 4 is 29.3 Å². The van der Waals surface area contributed by atoms with Crippen LogP contribution >= 0.6 is 11.3 Å². The summed E-state index contributed by atoms with van der Waals surface area (Å²) in [6.07, 6.45) is 6.21. The zero-order valence-electron chi connectivity index (χ0n) is 12.2. The normalized spacial score (nSPS) is 22.6. The average molecular weight is 307 g/mol. The van der Waals surface area contributed by atoms with Crippen molar-refractivity contribution in [1.29, 1.82) is 0 Å². The molecule has 1 amide bonds. The quantitative estimate of drug-likeness (QED) is 0.850. The first-order valence-electron chi connectivity index (χ1n) is 7.31. The Morgan fingerprint density at radius 1 is 1.52 bits per heavy atom. The summed E-state index contributed by atoms with van der Waals surface area (Å²) in [6, 6.07) is 3.88. The van der Waals surface area contributed by atoms with E-state index in [0.717, 1.165) is 17.7 Å². The van der Waals surface area contributed by atoms with Crippen molar-refractivity contribution in [3.8, 4) is 0 Å². The van der Waals surface area contributed by atoms with E-state index in [9.17, 15) is 14.7 Å². The molecule has 1 aliphatic rings. The third-order valence-electron chi connectivity index (χ3n) is 4.00. The largest absolute Gasteiger partial charge is 0.481 e. The van der Waals surface area contributed by atoms with Gasteiger partial charge in [0, 0.05) is 24.0 Å². The van der Waals surface area contributed by atoms with Crippen LogP contribution < -0.4 is 0 Å². The van der Waals surface area contributed by atoms with Crippen LogP contribution in [0.3, 0.4) is 0 Å². The second-order valence-electron chi connectivity index (χ2n) is 5.55. The molecule has 0 aliphatic carbocycles. The van der Waals surface area contributed by atoms with Crippen molar-refractivity contribution in [2.24, 2.45) is 5.41 Å². The van der Waals surface area contributed by atoms with E-state index in [0.29, 0.717) is 25.9 Å². The number of carbonyl (C=O) groups excluding carboxylic acids is 1. The van der Waals surface area contributed by atoms with Crippen LogP contribution in [0.5, 0.6) is 0 Å². The number of hydrogen-bond donors (Lipinski definition) is 1. The highest BCUT2D eigenvalue weighted by Crippen LogP contribution is 2.35. The van der Waals surface area contributed by atoms with E-state index in [1.54, 1.807) is 28.4 Å². The lowest BCUT2D eigenvalue weighted by Gasteiger charge is -2.39. The van der Waals surface area contributed by atoms with Crippen LogP contribution in [0.1, 0.15) is 37.5 Å². The van der Waals surface area contributed by atoms with Gasteiger partial charge in [-0.2, -0.15) is 0 Å². The lowest BCUT2D eigenvalue weighted by atomic mass is 9.76. The summed E-state index contributed by atoms with van der Waals surface area (Å²) in [6.45, 7) is 2.96. The summed E-state index contributed by atoms with van der Waals surface area (Å²) in [7, 11) is 0. The maximum atomic E-state index is 12.3. The van der Waals surface area contributed by atoms with Crippen LogP contribution in [-0.4, -0.2) is 35.0 Å². The minimum atomic E-state index is -0.774. The Bertz CT molecular complexity index is 520. The lowest BCUT2D eigenvalue weighted by molar-refractivity contribution is -0.154. The van der Waals surface area contributed by atoms with E-state index < -0.39 is 11.4 Å². The molecule has 0 bridgehead atoms. The van der Waals surface area contributed by atoms with Gasteiger partial charge in [-0.1, -0.05) is 19.4 Å². The maximum absolute atomic E-state index is 12.3. The van der Waals surface area contributed by atoms with Gasteiger partial charge >= 0.3 is 5.97 Å². The molecule has 1 unspecified atom stereocenters. The van der Waals surface area contributed by atoms with E-state index in [1.807, 2.05) is 24.4 Å². The first-order valence-corrected chi connectivity index (χ1v) is 8.19. The summed E-state index contributed by atoms with van der Waals surface area (Å²) < 4.78 is 0. The number of carboxylic acid groups (broad SMARTS) is 1. The van der Waals surface area contributed by atoms with E-state index in [4.69, 9.17) is 0 Å². The average Bonchev–Trinajstić information content (AvgIpc) is 2.98. The third-order valence-corrected chi connectivity index (χ3v) is 4.84. The Kier molecular flexibility index (Phi) is 5.17. The number of piperidine rings is 1. The molecule has 1 N–H and O–H groups in total. The fourth-order valence-electron chi connectivity index (χ4n) is 2.93. The molecule has 2 heterocycles. The van der Waals surface area contributed by atoms with Gasteiger partial charge < -0.3 is 10.0 Å². The van der Waals surface area contributed by atoms with Gasteiger partial charge in [-0.05, 0) is 36.8 Å².